The summed E-state index contributed by atoms with van der Waals surface area (Å²) < 4.78 is 76.1. The van der Waals surface area contributed by atoms with Gasteiger partial charge in [-0.3, -0.25) is 0 Å². The Morgan fingerprint density at radius 3 is 2.55 bits per heavy atom. The second kappa shape index (κ2) is 7.01. The van der Waals surface area contributed by atoms with Gasteiger partial charge in [0.15, 0.2) is 0 Å². The van der Waals surface area contributed by atoms with Crippen molar-refractivity contribution in [2.45, 2.75) is 37.7 Å². The van der Waals surface area contributed by atoms with Gasteiger partial charge < -0.3 is 5.32 Å². The van der Waals surface area contributed by atoms with Crippen molar-refractivity contribution in [2.75, 3.05) is 26.7 Å². The topological polar surface area (TPSA) is 61.4 Å². The summed E-state index contributed by atoms with van der Waals surface area (Å²) in [5.41, 5.74) is 0. The Morgan fingerprint density at radius 2 is 2.00 bits per heavy atom. The maximum absolute atomic E-state index is 12.8. The van der Waals surface area contributed by atoms with Crippen LogP contribution < -0.4 is 10.0 Å². The van der Waals surface area contributed by atoms with Gasteiger partial charge in [0.2, 0.25) is 0 Å². The molecule has 1 rings (SSSR count). The van der Waals surface area contributed by atoms with Gasteiger partial charge in [-0.25, -0.2) is 8.78 Å². The molecule has 1 saturated heterocycles. The first-order chi connectivity index (χ1) is 9.20. The fourth-order valence-electron chi connectivity index (χ4n) is 2.08. The molecule has 120 valence electrons. The van der Waals surface area contributed by atoms with Crippen molar-refractivity contribution < 1.29 is 26.0 Å². The second-order valence-corrected chi connectivity index (χ2v) is 6.41. The molecule has 20 heavy (non-hydrogen) atoms. The molecule has 5 nitrogen and oxygen atoms in total. The minimum Gasteiger partial charge on any atom is -0.318 e. The zero-order valence-corrected chi connectivity index (χ0v) is 11.9. The Balaban J connectivity index is 2.71. The molecule has 0 bridgehead atoms. The van der Waals surface area contributed by atoms with Crippen molar-refractivity contribution in [1.29, 1.82) is 0 Å². The normalized spacial score (nSPS) is 22.4. The van der Waals surface area contributed by atoms with Crippen LogP contribution in [0.15, 0.2) is 0 Å². The lowest BCUT2D eigenvalue weighted by Gasteiger charge is -2.34. The van der Waals surface area contributed by atoms with E-state index in [-0.39, 0.29) is 12.6 Å². The van der Waals surface area contributed by atoms with Crippen LogP contribution in [-0.4, -0.2) is 57.8 Å². The van der Waals surface area contributed by atoms with E-state index in [4.69, 9.17) is 0 Å². The highest BCUT2D eigenvalue weighted by Crippen LogP contribution is 2.23. The molecule has 1 unspecified atom stereocenters. The van der Waals surface area contributed by atoms with Crippen LogP contribution in [-0.2, 0) is 10.2 Å². The van der Waals surface area contributed by atoms with E-state index in [9.17, 15) is 26.0 Å². The molecular weight excluding hydrogens is 302 g/mol. The molecule has 1 aliphatic heterocycles. The molecule has 2 N–H and O–H groups in total. The molecule has 0 aliphatic carbocycles. The molecule has 10 heteroatoms. The fourth-order valence-corrected chi connectivity index (χ4v) is 3.56. The quantitative estimate of drug-likeness (QED) is 0.682. The van der Waals surface area contributed by atoms with Crippen LogP contribution in [0, 0.1) is 0 Å². The first-order valence-corrected chi connectivity index (χ1v) is 7.71. The lowest BCUT2D eigenvalue weighted by Crippen LogP contribution is -2.54. The number of nitrogens with one attached hydrogen (secondary N) is 2. The SMILES string of the molecule is CNCC1CCCCN1S(=O)(=O)NCC(F)(F)C(F)F. The minimum absolute atomic E-state index is 0.196. The first kappa shape index (κ1) is 17.6. The van der Waals surface area contributed by atoms with Crippen molar-refractivity contribution in [3.05, 3.63) is 0 Å². The Morgan fingerprint density at radius 1 is 1.35 bits per heavy atom. The van der Waals surface area contributed by atoms with E-state index in [0.717, 1.165) is 10.7 Å². The van der Waals surface area contributed by atoms with Crippen LogP contribution in [0.2, 0.25) is 0 Å². The third-order valence-corrected chi connectivity index (χ3v) is 4.74. The third-order valence-electron chi connectivity index (χ3n) is 3.13. The summed E-state index contributed by atoms with van der Waals surface area (Å²) in [4.78, 5) is 0. The number of hydrogen-bond donors (Lipinski definition) is 2. The van der Waals surface area contributed by atoms with Crippen molar-refractivity contribution in [3.63, 3.8) is 0 Å². The van der Waals surface area contributed by atoms with E-state index >= 15 is 0 Å². The van der Waals surface area contributed by atoms with Crippen LogP contribution in [0.3, 0.4) is 0 Å². The number of hydrogen-bond acceptors (Lipinski definition) is 3. The van der Waals surface area contributed by atoms with Gasteiger partial charge in [-0.1, -0.05) is 6.42 Å². The van der Waals surface area contributed by atoms with E-state index < -0.39 is 29.1 Å². The van der Waals surface area contributed by atoms with Gasteiger partial charge in [-0.15, -0.1) is 0 Å². The fraction of sp³-hybridized carbons (Fsp3) is 1.00. The van der Waals surface area contributed by atoms with Gasteiger partial charge >= 0.3 is 12.3 Å². The largest absolute Gasteiger partial charge is 0.320 e. The number of piperidine rings is 1. The van der Waals surface area contributed by atoms with Crippen LogP contribution in [0.25, 0.3) is 0 Å². The van der Waals surface area contributed by atoms with Gasteiger partial charge in [0, 0.05) is 19.1 Å². The summed E-state index contributed by atoms with van der Waals surface area (Å²) in [6, 6.07) is -0.355. The smallest absolute Gasteiger partial charge is 0.318 e. The molecule has 0 aromatic heterocycles. The zero-order chi connectivity index (χ0) is 15.4. The molecular formula is C10H19F4N3O2S. The molecule has 0 amide bonds. The van der Waals surface area contributed by atoms with E-state index in [1.165, 1.54) is 0 Å². The van der Waals surface area contributed by atoms with Crippen LogP contribution in [0.5, 0.6) is 0 Å². The number of rotatable bonds is 7. The molecule has 1 heterocycles. The standard InChI is InChI=1S/C10H19F4N3O2S/c1-15-6-8-4-2-3-5-17(8)20(18,19)16-7-10(13,14)9(11)12/h8-9,15-16H,2-7H2,1H3. The number of likely N-dealkylation sites (N-methyl/N-ethyl adjacent to an activating group) is 1. The summed E-state index contributed by atoms with van der Waals surface area (Å²) >= 11 is 0. The lowest BCUT2D eigenvalue weighted by molar-refractivity contribution is -0.122. The monoisotopic (exact) mass is 321 g/mol. The highest BCUT2D eigenvalue weighted by atomic mass is 32.2. The summed E-state index contributed by atoms with van der Waals surface area (Å²) in [6.45, 7) is -1.02. The first-order valence-electron chi connectivity index (χ1n) is 6.27. The van der Waals surface area contributed by atoms with Gasteiger partial charge in [-0.05, 0) is 19.9 Å². The van der Waals surface area contributed by atoms with Crippen LogP contribution >= 0.6 is 0 Å². The van der Waals surface area contributed by atoms with E-state index in [0.29, 0.717) is 19.4 Å². The third kappa shape index (κ3) is 4.54. The van der Waals surface area contributed by atoms with Crippen LogP contribution in [0.1, 0.15) is 19.3 Å². The Kier molecular flexibility index (Phi) is 6.17. The van der Waals surface area contributed by atoms with Gasteiger partial charge in [-0.2, -0.15) is 26.2 Å². The summed E-state index contributed by atoms with van der Waals surface area (Å²) in [7, 11) is -2.54. The van der Waals surface area contributed by atoms with Crippen molar-refractivity contribution in [2.24, 2.45) is 0 Å². The van der Waals surface area contributed by atoms with Crippen molar-refractivity contribution in [3.8, 4) is 0 Å². The molecule has 0 aromatic rings. The predicted octanol–water partition coefficient (Wildman–Crippen LogP) is 0.795. The van der Waals surface area contributed by atoms with E-state index in [1.54, 1.807) is 11.8 Å². The average Bonchev–Trinajstić information content (AvgIpc) is 2.37. The maximum Gasteiger partial charge on any atom is 0.320 e. The maximum atomic E-state index is 12.8. The average molecular weight is 321 g/mol. The predicted molar refractivity (Wildman–Crippen MR) is 66.1 cm³/mol. The van der Waals surface area contributed by atoms with E-state index in [1.807, 2.05) is 0 Å². The molecule has 1 fully saturated rings. The van der Waals surface area contributed by atoms with Crippen molar-refractivity contribution >= 4 is 10.2 Å². The number of alkyl halides is 4. The summed E-state index contributed by atoms with van der Waals surface area (Å²) in [5.74, 6) is -4.37. The minimum atomic E-state index is -4.37. The molecule has 1 aliphatic rings. The van der Waals surface area contributed by atoms with Gasteiger partial charge in [0.1, 0.15) is 0 Å². The molecule has 0 aromatic carbocycles. The highest BCUT2D eigenvalue weighted by Gasteiger charge is 2.42. The van der Waals surface area contributed by atoms with Crippen LogP contribution in [0.4, 0.5) is 17.6 Å². The van der Waals surface area contributed by atoms with Gasteiger partial charge in [0.25, 0.3) is 10.2 Å². The lowest BCUT2D eigenvalue weighted by atomic mass is 10.1. The second-order valence-electron chi connectivity index (χ2n) is 4.71. The zero-order valence-electron chi connectivity index (χ0n) is 11.1. The summed E-state index contributed by atoms with van der Waals surface area (Å²) in [5, 5.41) is 2.83. The molecule has 0 spiro atoms. The summed E-state index contributed by atoms with van der Waals surface area (Å²) in [6.07, 6.45) is -1.84. The Labute approximate surface area is 115 Å². The highest BCUT2D eigenvalue weighted by molar-refractivity contribution is 7.87. The molecule has 0 radical (unpaired) electrons. The van der Waals surface area contributed by atoms with Gasteiger partial charge in [0.05, 0.1) is 6.54 Å². The van der Waals surface area contributed by atoms with E-state index in [2.05, 4.69) is 5.32 Å². The Bertz CT molecular complexity index is 403. The van der Waals surface area contributed by atoms with Crippen molar-refractivity contribution in [1.82, 2.24) is 14.3 Å². The number of halogens is 4. The molecule has 1 atom stereocenters. The number of nitrogens with zero attached hydrogens (tertiary/aromatic N) is 1. The molecule has 0 saturated carbocycles. The Hall–Kier alpha value is -0.450.